The fourth-order valence-corrected chi connectivity index (χ4v) is 3.43. The minimum atomic E-state index is -1.21. The number of carboxylic acid groups (broad SMARTS) is 1. The Morgan fingerprint density at radius 3 is 2.52 bits per heavy atom. The number of hydrogen-bond donors (Lipinski definition) is 3. The van der Waals surface area contributed by atoms with Crippen LogP contribution < -0.4 is 11.1 Å². The van der Waals surface area contributed by atoms with Crippen LogP contribution in [-0.4, -0.2) is 38.3 Å². The van der Waals surface area contributed by atoms with Gasteiger partial charge < -0.3 is 20.6 Å². The minimum Gasteiger partial charge on any atom is -0.480 e. The van der Waals surface area contributed by atoms with Crippen molar-refractivity contribution in [2.45, 2.75) is 46.1 Å². The Labute approximate surface area is 180 Å². The maximum Gasteiger partial charge on any atom is 0.326 e. The lowest BCUT2D eigenvalue weighted by molar-refractivity contribution is -0.142. The number of carbonyl (C=O) groups excluding carboxylic acids is 2. The smallest absolute Gasteiger partial charge is 0.326 e. The average Bonchev–Trinajstić information content (AvgIpc) is 3.04. The van der Waals surface area contributed by atoms with Crippen LogP contribution in [0.25, 0.3) is 16.9 Å². The number of carbonyl (C=O) groups is 3. The molecule has 2 aromatic heterocycles. The summed E-state index contributed by atoms with van der Waals surface area (Å²) in [4.78, 5) is 40.0. The second-order valence-corrected chi connectivity index (χ2v) is 7.78. The zero-order valence-corrected chi connectivity index (χ0v) is 17.8. The van der Waals surface area contributed by atoms with Gasteiger partial charge in [-0.3, -0.25) is 9.59 Å². The molecule has 4 N–H and O–H groups in total. The molecule has 0 saturated carbocycles. The summed E-state index contributed by atoms with van der Waals surface area (Å²) in [7, 11) is 0. The van der Waals surface area contributed by atoms with E-state index in [0.717, 1.165) is 22.3 Å². The number of nitrogens with one attached hydrogen (secondary N) is 1. The van der Waals surface area contributed by atoms with Crippen LogP contribution in [0.15, 0.2) is 36.5 Å². The molecule has 0 aliphatic rings. The highest BCUT2D eigenvalue weighted by Crippen LogP contribution is 2.27. The predicted octanol–water partition coefficient (Wildman–Crippen LogP) is 2.30. The molecule has 0 aliphatic heterocycles. The zero-order valence-electron chi connectivity index (χ0n) is 17.8. The Balaban J connectivity index is 1.96. The van der Waals surface area contributed by atoms with E-state index in [-0.39, 0.29) is 19.3 Å². The second-order valence-electron chi connectivity index (χ2n) is 7.78. The van der Waals surface area contributed by atoms with E-state index in [2.05, 4.69) is 5.32 Å². The van der Waals surface area contributed by atoms with Crippen molar-refractivity contribution >= 4 is 23.4 Å². The quantitative estimate of drug-likeness (QED) is 0.513. The average molecular weight is 422 g/mol. The Bertz CT molecular complexity index is 1170. The van der Waals surface area contributed by atoms with E-state index in [4.69, 9.17) is 10.7 Å². The summed E-state index contributed by atoms with van der Waals surface area (Å²) in [6.45, 7) is 6.01. The highest BCUT2D eigenvalue weighted by Gasteiger charge is 2.23. The lowest BCUT2D eigenvalue weighted by atomic mass is 10.0. The second kappa shape index (κ2) is 8.99. The zero-order chi connectivity index (χ0) is 22.7. The highest BCUT2D eigenvalue weighted by molar-refractivity contribution is 5.86. The standard InChI is InChI=1S/C23H26N4O4/c1-13-8-9-27-18(12-21(29)25-17(23(30)31)6-7-19(24)28)22(26-20(27)10-13)16-5-4-14(2)15(3)11-16/h4-5,8-11,17H,6-7,12H2,1-3H3,(H2,24,28)(H,25,29)(H,30,31). The van der Waals surface area contributed by atoms with Crippen LogP contribution in [0.1, 0.15) is 35.2 Å². The molecule has 0 saturated heterocycles. The molecule has 2 heterocycles. The number of fused-ring (bicyclic) bond motifs is 1. The number of aryl methyl sites for hydroxylation is 3. The first-order chi connectivity index (χ1) is 14.7. The Morgan fingerprint density at radius 2 is 1.87 bits per heavy atom. The molecular formula is C23H26N4O4. The molecule has 8 heteroatoms. The van der Waals surface area contributed by atoms with Crippen molar-refractivity contribution in [2.75, 3.05) is 0 Å². The van der Waals surface area contributed by atoms with Gasteiger partial charge in [-0.2, -0.15) is 0 Å². The summed E-state index contributed by atoms with van der Waals surface area (Å²) in [5.74, 6) is -2.29. The van der Waals surface area contributed by atoms with Crippen LogP contribution in [-0.2, 0) is 20.8 Å². The number of primary amides is 1. The fourth-order valence-electron chi connectivity index (χ4n) is 3.43. The molecule has 162 valence electrons. The summed E-state index contributed by atoms with van der Waals surface area (Å²) in [5, 5.41) is 11.9. The molecule has 3 rings (SSSR count). The van der Waals surface area contributed by atoms with Gasteiger partial charge in [0.15, 0.2) is 0 Å². The van der Waals surface area contributed by atoms with Crippen molar-refractivity contribution in [1.29, 1.82) is 0 Å². The van der Waals surface area contributed by atoms with Gasteiger partial charge in [-0.25, -0.2) is 9.78 Å². The third kappa shape index (κ3) is 5.09. The first-order valence-corrected chi connectivity index (χ1v) is 10.0. The SMILES string of the molecule is Cc1ccn2c(CC(=O)NC(CCC(N)=O)C(=O)O)c(-c3ccc(C)c(C)c3)nc2c1. The topological polar surface area (TPSA) is 127 Å². The predicted molar refractivity (Wildman–Crippen MR) is 117 cm³/mol. The number of nitrogens with two attached hydrogens (primary N) is 1. The van der Waals surface area contributed by atoms with Crippen molar-refractivity contribution in [1.82, 2.24) is 14.7 Å². The molecule has 0 bridgehead atoms. The number of nitrogens with zero attached hydrogens (tertiary/aromatic N) is 2. The van der Waals surface area contributed by atoms with Gasteiger partial charge in [0.25, 0.3) is 0 Å². The van der Waals surface area contributed by atoms with E-state index in [9.17, 15) is 19.5 Å². The molecular weight excluding hydrogens is 396 g/mol. The molecule has 0 spiro atoms. The van der Waals surface area contributed by atoms with Crippen molar-refractivity contribution in [3.8, 4) is 11.3 Å². The van der Waals surface area contributed by atoms with Gasteiger partial charge in [0.05, 0.1) is 17.8 Å². The molecule has 0 fully saturated rings. The first kappa shape index (κ1) is 22.0. The van der Waals surface area contributed by atoms with Gasteiger partial charge in [-0.05, 0) is 62.1 Å². The normalized spacial score (nSPS) is 12.0. The number of rotatable bonds is 8. The van der Waals surface area contributed by atoms with E-state index in [1.165, 1.54) is 0 Å². The van der Waals surface area contributed by atoms with Crippen LogP contribution in [0.2, 0.25) is 0 Å². The number of aliphatic carboxylic acids is 1. The Kier molecular flexibility index (Phi) is 6.39. The van der Waals surface area contributed by atoms with Gasteiger partial charge in [-0.15, -0.1) is 0 Å². The number of imidazole rings is 1. The van der Waals surface area contributed by atoms with Gasteiger partial charge in [0.1, 0.15) is 11.7 Å². The maximum absolute atomic E-state index is 12.8. The van der Waals surface area contributed by atoms with Crippen LogP contribution in [0.5, 0.6) is 0 Å². The van der Waals surface area contributed by atoms with E-state index in [1.807, 2.05) is 61.7 Å². The van der Waals surface area contributed by atoms with Crippen LogP contribution in [0, 0.1) is 20.8 Å². The maximum atomic E-state index is 12.8. The molecule has 0 aliphatic carbocycles. The number of benzene rings is 1. The Hall–Kier alpha value is -3.68. The fraction of sp³-hybridized carbons (Fsp3) is 0.304. The molecule has 31 heavy (non-hydrogen) atoms. The van der Waals surface area contributed by atoms with Crippen molar-refractivity contribution in [3.05, 3.63) is 58.9 Å². The van der Waals surface area contributed by atoms with Gasteiger partial charge in [0, 0.05) is 18.2 Å². The first-order valence-electron chi connectivity index (χ1n) is 10.0. The largest absolute Gasteiger partial charge is 0.480 e. The highest BCUT2D eigenvalue weighted by atomic mass is 16.4. The summed E-state index contributed by atoms with van der Waals surface area (Å²) >= 11 is 0. The molecule has 0 radical (unpaired) electrons. The van der Waals surface area contributed by atoms with Gasteiger partial charge >= 0.3 is 5.97 Å². The monoisotopic (exact) mass is 422 g/mol. The summed E-state index contributed by atoms with van der Waals surface area (Å²) in [5.41, 5.74) is 11.3. The van der Waals surface area contributed by atoms with Crippen LogP contribution in [0.4, 0.5) is 0 Å². The molecule has 2 amide bonds. The molecule has 8 nitrogen and oxygen atoms in total. The van der Waals surface area contributed by atoms with Gasteiger partial charge in [-0.1, -0.05) is 12.1 Å². The minimum absolute atomic E-state index is 0.0627. The van der Waals surface area contributed by atoms with Crippen LogP contribution >= 0.6 is 0 Å². The number of carboxylic acids is 1. The molecule has 1 unspecified atom stereocenters. The summed E-state index contributed by atoms with van der Waals surface area (Å²) in [6, 6.07) is 8.66. The number of hydrogen-bond acceptors (Lipinski definition) is 4. The van der Waals surface area contributed by atoms with Crippen molar-refractivity contribution < 1.29 is 19.5 Å². The lowest BCUT2D eigenvalue weighted by Gasteiger charge is -2.14. The van der Waals surface area contributed by atoms with E-state index >= 15 is 0 Å². The third-order valence-electron chi connectivity index (χ3n) is 5.30. The Morgan fingerprint density at radius 1 is 1.13 bits per heavy atom. The van der Waals surface area contributed by atoms with E-state index in [0.29, 0.717) is 17.0 Å². The lowest BCUT2D eigenvalue weighted by Crippen LogP contribution is -2.42. The molecule has 1 atom stereocenters. The number of aromatic nitrogens is 2. The number of pyridine rings is 1. The van der Waals surface area contributed by atoms with E-state index in [1.54, 1.807) is 0 Å². The summed E-state index contributed by atoms with van der Waals surface area (Å²) < 4.78 is 1.84. The van der Waals surface area contributed by atoms with E-state index < -0.39 is 23.8 Å². The molecule has 3 aromatic rings. The van der Waals surface area contributed by atoms with Crippen LogP contribution in [0.3, 0.4) is 0 Å². The number of amides is 2. The van der Waals surface area contributed by atoms with Gasteiger partial charge in [0.2, 0.25) is 11.8 Å². The molecule has 1 aromatic carbocycles. The van der Waals surface area contributed by atoms with Crippen molar-refractivity contribution in [2.24, 2.45) is 5.73 Å². The third-order valence-corrected chi connectivity index (χ3v) is 5.30. The summed E-state index contributed by atoms with van der Waals surface area (Å²) in [6.07, 6.45) is 1.60. The van der Waals surface area contributed by atoms with Crippen molar-refractivity contribution in [3.63, 3.8) is 0 Å².